The Balaban J connectivity index is 0.00000242. The van der Waals surface area contributed by atoms with Gasteiger partial charge in [-0.3, -0.25) is 9.59 Å². The quantitative estimate of drug-likeness (QED) is 0.890. The van der Waals surface area contributed by atoms with Gasteiger partial charge in [0.15, 0.2) is 0 Å². The van der Waals surface area contributed by atoms with Crippen molar-refractivity contribution >= 4 is 24.2 Å². The van der Waals surface area contributed by atoms with Gasteiger partial charge in [-0.2, -0.15) is 0 Å². The van der Waals surface area contributed by atoms with Crippen LogP contribution in [0, 0.1) is 0 Å². The maximum absolute atomic E-state index is 12.2. The molecule has 5 nitrogen and oxygen atoms in total. The number of nitrogens with zero attached hydrogens (tertiary/aromatic N) is 1. The normalized spacial score (nSPS) is 20.7. The summed E-state index contributed by atoms with van der Waals surface area (Å²) in [7, 11) is 3.41. The SMILES string of the molecule is CN(C)C(=O)c1ccc(C(=O)NC2CCC(N)CC2)cc1.Cl. The molecule has 3 N–H and O–H groups in total. The van der Waals surface area contributed by atoms with Crippen molar-refractivity contribution in [2.24, 2.45) is 5.73 Å². The van der Waals surface area contributed by atoms with Crippen LogP contribution < -0.4 is 11.1 Å². The van der Waals surface area contributed by atoms with Gasteiger partial charge in [-0.25, -0.2) is 0 Å². The van der Waals surface area contributed by atoms with E-state index in [2.05, 4.69) is 5.32 Å². The first-order valence-corrected chi connectivity index (χ1v) is 7.35. The monoisotopic (exact) mass is 325 g/mol. The molecule has 1 saturated carbocycles. The van der Waals surface area contributed by atoms with E-state index < -0.39 is 0 Å². The molecule has 2 amide bonds. The average molecular weight is 326 g/mol. The van der Waals surface area contributed by atoms with Crippen molar-refractivity contribution in [1.82, 2.24) is 10.2 Å². The third-order valence-electron chi connectivity index (χ3n) is 3.91. The molecule has 0 saturated heterocycles. The van der Waals surface area contributed by atoms with Crippen LogP contribution >= 0.6 is 12.4 Å². The highest BCUT2D eigenvalue weighted by atomic mass is 35.5. The molecule has 0 heterocycles. The van der Waals surface area contributed by atoms with Crippen molar-refractivity contribution in [2.45, 2.75) is 37.8 Å². The van der Waals surface area contributed by atoms with E-state index in [1.54, 1.807) is 38.4 Å². The van der Waals surface area contributed by atoms with E-state index in [0.29, 0.717) is 11.1 Å². The highest BCUT2D eigenvalue weighted by Crippen LogP contribution is 2.17. The van der Waals surface area contributed by atoms with Crippen molar-refractivity contribution in [3.8, 4) is 0 Å². The Morgan fingerprint density at radius 1 is 1.05 bits per heavy atom. The van der Waals surface area contributed by atoms with E-state index in [1.165, 1.54) is 4.90 Å². The molecule has 1 aliphatic carbocycles. The fourth-order valence-corrected chi connectivity index (χ4v) is 2.55. The van der Waals surface area contributed by atoms with E-state index in [4.69, 9.17) is 5.73 Å². The molecule has 0 bridgehead atoms. The molecule has 1 aliphatic rings. The van der Waals surface area contributed by atoms with Crippen LogP contribution in [-0.4, -0.2) is 42.9 Å². The summed E-state index contributed by atoms with van der Waals surface area (Å²) < 4.78 is 0. The Bertz CT molecular complexity index is 509. The van der Waals surface area contributed by atoms with Crippen LogP contribution in [0.15, 0.2) is 24.3 Å². The topological polar surface area (TPSA) is 75.4 Å². The number of carbonyl (C=O) groups is 2. The van der Waals surface area contributed by atoms with E-state index in [-0.39, 0.29) is 36.3 Å². The minimum Gasteiger partial charge on any atom is -0.349 e. The fraction of sp³-hybridized carbons (Fsp3) is 0.500. The molecule has 122 valence electrons. The first kappa shape index (κ1) is 18.5. The minimum absolute atomic E-state index is 0. The van der Waals surface area contributed by atoms with E-state index in [9.17, 15) is 9.59 Å². The molecule has 1 fully saturated rings. The lowest BCUT2D eigenvalue weighted by molar-refractivity contribution is 0.0826. The van der Waals surface area contributed by atoms with Crippen molar-refractivity contribution < 1.29 is 9.59 Å². The summed E-state index contributed by atoms with van der Waals surface area (Å²) in [4.78, 5) is 25.5. The Morgan fingerprint density at radius 2 is 1.55 bits per heavy atom. The summed E-state index contributed by atoms with van der Waals surface area (Å²) >= 11 is 0. The van der Waals surface area contributed by atoms with Crippen molar-refractivity contribution in [3.05, 3.63) is 35.4 Å². The van der Waals surface area contributed by atoms with Gasteiger partial charge in [-0.15, -0.1) is 12.4 Å². The summed E-state index contributed by atoms with van der Waals surface area (Å²) in [5.74, 6) is -0.150. The second kappa shape index (κ2) is 8.15. The van der Waals surface area contributed by atoms with Crippen molar-refractivity contribution in [2.75, 3.05) is 14.1 Å². The van der Waals surface area contributed by atoms with Gasteiger partial charge in [0.25, 0.3) is 11.8 Å². The second-order valence-electron chi connectivity index (χ2n) is 5.86. The van der Waals surface area contributed by atoms with Crippen LogP contribution in [0.3, 0.4) is 0 Å². The highest BCUT2D eigenvalue weighted by Gasteiger charge is 2.20. The number of amides is 2. The zero-order chi connectivity index (χ0) is 15.4. The summed E-state index contributed by atoms with van der Waals surface area (Å²) in [5, 5.41) is 3.04. The van der Waals surface area contributed by atoms with Crippen LogP contribution in [0.25, 0.3) is 0 Å². The predicted octanol–water partition coefficient (Wildman–Crippen LogP) is 1.81. The molecular formula is C16H24ClN3O2. The van der Waals surface area contributed by atoms with Crippen LogP contribution in [-0.2, 0) is 0 Å². The molecule has 0 spiro atoms. The van der Waals surface area contributed by atoms with Gasteiger partial charge in [0.05, 0.1) is 0 Å². The molecule has 1 aromatic carbocycles. The fourth-order valence-electron chi connectivity index (χ4n) is 2.55. The number of benzene rings is 1. The zero-order valence-electron chi connectivity index (χ0n) is 13.0. The molecule has 0 aliphatic heterocycles. The standard InChI is InChI=1S/C16H23N3O2.ClH/c1-19(2)16(21)12-5-3-11(4-6-12)15(20)18-14-9-7-13(17)8-10-14;/h3-6,13-14H,7-10,17H2,1-2H3,(H,18,20);1H. The number of carbonyl (C=O) groups excluding carboxylic acids is 2. The molecule has 22 heavy (non-hydrogen) atoms. The summed E-state index contributed by atoms with van der Waals surface area (Å²) in [5.41, 5.74) is 7.03. The summed E-state index contributed by atoms with van der Waals surface area (Å²) in [6.45, 7) is 0. The number of rotatable bonds is 3. The Labute approximate surface area is 137 Å². The number of halogens is 1. The van der Waals surface area contributed by atoms with Crippen LogP contribution in [0.1, 0.15) is 46.4 Å². The van der Waals surface area contributed by atoms with Gasteiger partial charge in [0, 0.05) is 37.3 Å². The van der Waals surface area contributed by atoms with Gasteiger partial charge >= 0.3 is 0 Å². The van der Waals surface area contributed by atoms with Gasteiger partial charge in [0.2, 0.25) is 0 Å². The lowest BCUT2D eigenvalue weighted by Crippen LogP contribution is -2.40. The summed E-state index contributed by atoms with van der Waals surface area (Å²) in [6.07, 6.45) is 3.79. The first-order chi connectivity index (χ1) is 9.97. The van der Waals surface area contributed by atoms with Gasteiger partial charge in [-0.05, 0) is 49.9 Å². The molecule has 0 atom stereocenters. The first-order valence-electron chi connectivity index (χ1n) is 7.35. The molecule has 0 unspecified atom stereocenters. The molecule has 1 aromatic rings. The molecular weight excluding hydrogens is 302 g/mol. The Morgan fingerprint density at radius 3 is 2.05 bits per heavy atom. The van der Waals surface area contributed by atoms with Crippen LogP contribution in [0.2, 0.25) is 0 Å². The van der Waals surface area contributed by atoms with Crippen molar-refractivity contribution in [3.63, 3.8) is 0 Å². The molecule has 2 rings (SSSR count). The van der Waals surface area contributed by atoms with Gasteiger partial charge in [0.1, 0.15) is 0 Å². The Kier molecular flexibility index (Phi) is 6.84. The van der Waals surface area contributed by atoms with Gasteiger partial charge in [-0.1, -0.05) is 0 Å². The third kappa shape index (κ3) is 4.71. The number of nitrogens with one attached hydrogen (secondary N) is 1. The lowest BCUT2D eigenvalue weighted by atomic mass is 9.91. The average Bonchev–Trinajstić information content (AvgIpc) is 2.49. The van der Waals surface area contributed by atoms with E-state index in [1.807, 2.05) is 0 Å². The summed E-state index contributed by atoms with van der Waals surface area (Å²) in [6, 6.07) is 7.25. The minimum atomic E-state index is -0.0840. The molecule has 6 heteroatoms. The number of hydrogen-bond donors (Lipinski definition) is 2. The largest absolute Gasteiger partial charge is 0.349 e. The maximum Gasteiger partial charge on any atom is 0.253 e. The van der Waals surface area contributed by atoms with E-state index >= 15 is 0 Å². The number of nitrogens with two attached hydrogens (primary N) is 1. The maximum atomic E-state index is 12.2. The Hall–Kier alpha value is -1.59. The van der Waals surface area contributed by atoms with Gasteiger partial charge < -0.3 is 16.0 Å². The highest BCUT2D eigenvalue weighted by molar-refractivity contribution is 5.97. The van der Waals surface area contributed by atoms with Crippen molar-refractivity contribution in [1.29, 1.82) is 0 Å². The smallest absolute Gasteiger partial charge is 0.253 e. The predicted molar refractivity (Wildman–Crippen MR) is 89.4 cm³/mol. The zero-order valence-corrected chi connectivity index (χ0v) is 13.9. The number of hydrogen-bond acceptors (Lipinski definition) is 3. The molecule has 0 radical (unpaired) electrons. The third-order valence-corrected chi connectivity index (χ3v) is 3.91. The van der Waals surface area contributed by atoms with Crippen LogP contribution in [0.4, 0.5) is 0 Å². The second-order valence-corrected chi connectivity index (χ2v) is 5.86. The van der Waals surface area contributed by atoms with E-state index in [0.717, 1.165) is 25.7 Å². The van der Waals surface area contributed by atoms with Crippen LogP contribution in [0.5, 0.6) is 0 Å². The lowest BCUT2D eigenvalue weighted by Gasteiger charge is -2.26. The molecule has 0 aromatic heterocycles.